The molecule has 4 amide bonds. The van der Waals surface area contributed by atoms with Crippen LogP contribution in [0.2, 0.25) is 0 Å². The smallest absolute Gasteiger partial charge is 0.321 e. The monoisotopic (exact) mass is 230 g/mol. The summed E-state index contributed by atoms with van der Waals surface area (Å²) >= 11 is 0. The minimum Gasteiger partial charge on any atom is -0.368 e. The van der Waals surface area contributed by atoms with E-state index in [4.69, 9.17) is 5.73 Å². The molecule has 0 rings (SSSR count). The van der Waals surface area contributed by atoms with E-state index in [0.29, 0.717) is 0 Å². The van der Waals surface area contributed by atoms with Crippen LogP contribution in [0.4, 0.5) is 4.79 Å². The molecule has 7 heteroatoms. The fourth-order valence-electron chi connectivity index (χ4n) is 0.961. The van der Waals surface area contributed by atoms with Gasteiger partial charge >= 0.3 is 6.03 Å². The van der Waals surface area contributed by atoms with Gasteiger partial charge in [-0.15, -0.1) is 0 Å². The van der Waals surface area contributed by atoms with E-state index in [0.717, 1.165) is 0 Å². The summed E-state index contributed by atoms with van der Waals surface area (Å²) in [7, 11) is 1.40. The van der Waals surface area contributed by atoms with Gasteiger partial charge in [0.15, 0.2) is 0 Å². The predicted molar refractivity (Wildman–Crippen MR) is 58.5 cm³/mol. The molecule has 0 saturated carbocycles. The minimum atomic E-state index is -1.01. The van der Waals surface area contributed by atoms with Gasteiger partial charge in [0.05, 0.1) is 11.6 Å². The number of imide groups is 1. The molecule has 0 aromatic heterocycles. The van der Waals surface area contributed by atoms with E-state index in [1.165, 1.54) is 14.0 Å². The van der Waals surface area contributed by atoms with Gasteiger partial charge in [-0.1, -0.05) is 0 Å². The Labute approximate surface area is 94.1 Å². The van der Waals surface area contributed by atoms with Crippen LogP contribution in [0, 0.1) is 0 Å². The molecule has 0 aliphatic heterocycles. The SMILES string of the molecule is CNC(=O)NC(=O)C(C)NC(C)(C)C(N)=O. The lowest BCUT2D eigenvalue weighted by Gasteiger charge is -2.26. The van der Waals surface area contributed by atoms with Crippen LogP contribution in [0.5, 0.6) is 0 Å². The van der Waals surface area contributed by atoms with E-state index in [1.54, 1.807) is 13.8 Å². The van der Waals surface area contributed by atoms with Crippen molar-refractivity contribution in [3.8, 4) is 0 Å². The molecular weight excluding hydrogens is 212 g/mol. The number of hydrogen-bond acceptors (Lipinski definition) is 4. The van der Waals surface area contributed by atoms with Gasteiger partial charge in [-0.05, 0) is 20.8 Å². The average Bonchev–Trinajstić information content (AvgIpc) is 2.16. The van der Waals surface area contributed by atoms with Crippen molar-refractivity contribution in [2.24, 2.45) is 5.73 Å². The van der Waals surface area contributed by atoms with Crippen molar-refractivity contribution in [2.45, 2.75) is 32.4 Å². The molecule has 92 valence electrons. The molecule has 0 aliphatic rings. The largest absolute Gasteiger partial charge is 0.368 e. The Hall–Kier alpha value is -1.63. The summed E-state index contributed by atoms with van der Waals surface area (Å²) in [6.45, 7) is 4.64. The Morgan fingerprint density at radius 2 is 1.75 bits per heavy atom. The van der Waals surface area contributed by atoms with Gasteiger partial charge in [0.2, 0.25) is 11.8 Å². The third-order valence-corrected chi connectivity index (χ3v) is 2.05. The quantitative estimate of drug-likeness (QED) is 0.480. The van der Waals surface area contributed by atoms with Gasteiger partial charge in [0, 0.05) is 7.05 Å². The summed E-state index contributed by atoms with van der Waals surface area (Å²) in [4.78, 5) is 33.3. The van der Waals surface area contributed by atoms with Crippen LogP contribution in [-0.4, -0.2) is 36.5 Å². The van der Waals surface area contributed by atoms with Crippen LogP contribution in [0.1, 0.15) is 20.8 Å². The van der Waals surface area contributed by atoms with Crippen molar-refractivity contribution in [2.75, 3.05) is 7.05 Å². The predicted octanol–water partition coefficient (Wildman–Crippen LogP) is -1.32. The zero-order valence-corrected chi connectivity index (χ0v) is 9.88. The zero-order valence-electron chi connectivity index (χ0n) is 9.88. The fraction of sp³-hybridized carbons (Fsp3) is 0.667. The van der Waals surface area contributed by atoms with Crippen molar-refractivity contribution in [3.05, 3.63) is 0 Å². The van der Waals surface area contributed by atoms with Crippen molar-refractivity contribution in [1.82, 2.24) is 16.0 Å². The molecule has 0 spiro atoms. The molecule has 0 aromatic rings. The van der Waals surface area contributed by atoms with Crippen LogP contribution >= 0.6 is 0 Å². The van der Waals surface area contributed by atoms with Crippen molar-refractivity contribution in [1.29, 1.82) is 0 Å². The molecule has 0 saturated heterocycles. The highest BCUT2D eigenvalue weighted by Gasteiger charge is 2.29. The molecule has 7 nitrogen and oxygen atoms in total. The first kappa shape index (κ1) is 14.4. The number of primary amides is 1. The number of rotatable bonds is 4. The summed E-state index contributed by atoms with van der Waals surface area (Å²) in [5.74, 6) is -1.11. The molecule has 0 heterocycles. The maximum atomic E-state index is 11.4. The molecule has 0 fully saturated rings. The summed E-state index contributed by atoms with van der Waals surface area (Å²) in [5.41, 5.74) is 4.12. The lowest BCUT2D eigenvalue weighted by Crippen LogP contribution is -2.58. The summed E-state index contributed by atoms with van der Waals surface area (Å²) < 4.78 is 0. The Bertz CT molecular complexity index is 301. The first-order chi connectivity index (χ1) is 7.20. The number of urea groups is 1. The first-order valence-electron chi connectivity index (χ1n) is 4.81. The summed E-state index contributed by atoms with van der Waals surface area (Å²) in [6.07, 6.45) is 0. The van der Waals surface area contributed by atoms with Gasteiger partial charge in [-0.2, -0.15) is 0 Å². The summed E-state index contributed by atoms with van der Waals surface area (Å²) in [6, 6.07) is -1.31. The Morgan fingerprint density at radius 1 is 1.25 bits per heavy atom. The van der Waals surface area contributed by atoms with E-state index in [1.807, 2.05) is 0 Å². The van der Waals surface area contributed by atoms with E-state index in [-0.39, 0.29) is 0 Å². The fourth-order valence-corrected chi connectivity index (χ4v) is 0.961. The van der Waals surface area contributed by atoms with Gasteiger partial charge < -0.3 is 11.1 Å². The number of nitrogens with one attached hydrogen (secondary N) is 3. The number of carbonyl (C=O) groups is 3. The van der Waals surface area contributed by atoms with Gasteiger partial charge in [0.1, 0.15) is 0 Å². The van der Waals surface area contributed by atoms with E-state index < -0.39 is 29.4 Å². The van der Waals surface area contributed by atoms with Crippen molar-refractivity contribution < 1.29 is 14.4 Å². The lowest BCUT2D eigenvalue weighted by molar-refractivity contribution is -0.125. The molecule has 1 unspecified atom stereocenters. The van der Waals surface area contributed by atoms with Crippen LogP contribution in [0.25, 0.3) is 0 Å². The number of amides is 4. The van der Waals surface area contributed by atoms with Gasteiger partial charge in [-0.25, -0.2) is 4.79 Å². The lowest BCUT2D eigenvalue weighted by atomic mass is 10.0. The maximum absolute atomic E-state index is 11.4. The molecule has 0 aromatic carbocycles. The highest BCUT2D eigenvalue weighted by molar-refractivity contribution is 5.97. The number of hydrogen-bond donors (Lipinski definition) is 4. The highest BCUT2D eigenvalue weighted by atomic mass is 16.2. The second kappa shape index (κ2) is 5.45. The Balaban J connectivity index is 4.36. The number of carbonyl (C=O) groups excluding carboxylic acids is 3. The second-order valence-corrected chi connectivity index (χ2v) is 3.92. The molecule has 1 atom stereocenters. The van der Waals surface area contributed by atoms with E-state index in [2.05, 4.69) is 16.0 Å². The molecule has 0 bridgehead atoms. The Kier molecular flexibility index (Phi) is 4.90. The average molecular weight is 230 g/mol. The standard InChI is InChI=1S/C9H18N4O3/c1-5(6(14)12-8(16)11-4)13-9(2,3)7(10)15/h5,13H,1-4H3,(H2,10,15)(H2,11,12,14,16). The third-order valence-electron chi connectivity index (χ3n) is 2.05. The maximum Gasteiger partial charge on any atom is 0.321 e. The molecule has 0 radical (unpaired) electrons. The van der Waals surface area contributed by atoms with Crippen molar-refractivity contribution >= 4 is 17.8 Å². The Morgan fingerprint density at radius 3 is 2.12 bits per heavy atom. The summed E-state index contributed by atoms with van der Waals surface area (Å²) in [5, 5.41) is 7.05. The minimum absolute atomic E-state index is 0.534. The normalized spacial score (nSPS) is 12.8. The zero-order chi connectivity index (χ0) is 12.9. The van der Waals surface area contributed by atoms with Crippen LogP contribution < -0.4 is 21.7 Å². The van der Waals surface area contributed by atoms with Crippen LogP contribution in [-0.2, 0) is 9.59 Å². The van der Waals surface area contributed by atoms with E-state index in [9.17, 15) is 14.4 Å². The van der Waals surface area contributed by atoms with Crippen LogP contribution in [0.15, 0.2) is 0 Å². The topological polar surface area (TPSA) is 113 Å². The molecule has 5 N–H and O–H groups in total. The van der Waals surface area contributed by atoms with Crippen molar-refractivity contribution in [3.63, 3.8) is 0 Å². The first-order valence-corrected chi connectivity index (χ1v) is 4.81. The third kappa shape index (κ3) is 4.26. The number of nitrogens with two attached hydrogens (primary N) is 1. The van der Waals surface area contributed by atoms with Gasteiger partial charge in [-0.3, -0.25) is 20.2 Å². The van der Waals surface area contributed by atoms with E-state index >= 15 is 0 Å². The van der Waals surface area contributed by atoms with Gasteiger partial charge in [0.25, 0.3) is 0 Å². The van der Waals surface area contributed by atoms with Crippen LogP contribution in [0.3, 0.4) is 0 Å². The molecule has 16 heavy (non-hydrogen) atoms. The molecule has 0 aliphatic carbocycles. The molecular formula is C9H18N4O3. The highest BCUT2D eigenvalue weighted by Crippen LogP contribution is 2.02. The second-order valence-electron chi connectivity index (χ2n) is 3.92.